The highest BCUT2D eigenvalue weighted by Gasteiger charge is 2.38. The smallest absolute Gasteiger partial charge is 0.243 e. The summed E-state index contributed by atoms with van der Waals surface area (Å²) in [7, 11) is -0.391. The molecule has 0 amide bonds. The molecule has 1 heterocycles. The first-order valence-electron chi connectivity index (χ1n) is 8.69. The van der Waals surface area contributed by atoms with Crippen LogP contribution in [0.5, 0.6) is 11.5 Å². The topological polar surface area (TPSA) is 55.8 Å². The van der Waals surface area contributed by atoms with Crippen LogP contribution in [0.3, 0.4) is 0 Å². The van der Waals surface area contributed by atoms with Crippen molar-refractivity contribution < 1.29 is 17.9 Å². The summed E-state index contributed by atoms with van der Waals surface area (Å²) in [5, 5.41) is 0. The molecule has 0 aliphatic carbocycles. The van der Waals surface area contributed by atoms with Gasteiger partial charge >= 0.3 is 0 Å². The maximum atomic E-state index is 13.4. The summed E-state index contributed by atoms with van der Waals surface area (Å²) < 4.78 is 39.1. The lowest BCUT2D eigenvalue weighted by Gasteiger charge is -2.26. The number of sulfonamides is 1. The molecule has 1 fully saturated rings. The molecule has 0 saturated carbocycles. The van der Waals surface area contributed by atoms with Gasteiger partial charge < -0.3 is 9.47 Å². The Morgan fingerprint density at radius 2 is 1.81 bits per heavy atom. The van der Waals surface area contributed by atoms with Crippen LogP contribution in [0.15, 0.2) is 41.3 Å². The molecule has 0 bridgehead atoms. The van der Waals surface area contributed by atoms with Gasteiger partial charge in [-0.1, -0.05) is 18.2 Å². The highest BCUT2D eigenvalue weighted by Crippen LogP contribution is 2.41. The van der Waals surface area contributed by atoms with Gasteiger partial charge in [0.05, 0.1) is 25.2 Å². The van der Waals surface area contributed by atoms with Gasteiger partial charge in [0.1, 0.15) is 11.5 Å². The maximum absolute atomic E-state index is 13.4. The molecule has 1 aliphatic heterocycles. The second kappa shape index (κ2) is 7.29. The van der Waals surface area contributed by atoms with Crippen molar-refractivity contribution in [2.24, 2.45) is 0 Å². The van der Waals surface area contributed by atoms with Crippen LogP contribution in [0.4, 0.5) is 0 Å². The van der Waals surface area contributed by atoms with Gasteiger partial charge in [0.25, 0.3) is 0 Å². The average molecular weight is 375 g/mol. The van der Waals surface area contributed by atoms with E-state index in [2.05, 4.69) is 0 Å². The number of rotatable bonds is 5. The van der Waals surface area contributed by atoms with E-state index >= 15 is 0 Å². The molecule has 0 spiro atoms. The van der Waals surface area contributed by atoms with Crippen LogP contribution in [0.2, 0.25) is 0 Å². The van der Waals surface area contributed by atoms with Crippen LogP contribution in [0, 0.1) is 13.8 Å². The Balaban J connectivity index is 2.04. The van der Waals surface area contributed by atoms with Gasteiger partial charge in [-0.05, 0) is 49.9 Å². The third-order valence-electron chi connectivity index (χ3n) is 4.93. The summed E-state index contributed by atoms with van der Waals surface area (Å²) >= 11 is 0. The normalized spacial score (nSPS) is 18.1. The third kappa shape index (κ3) is 3.31. The van der Waals surface area contributed by atoms with Crippen molar-refractivity contribution in [1.29, 1.82) is 0 Å². The second-order valence-corrected chi connectivity index (χ2v) is 8.51. The van der Waals surface area contributed by atoms with E-state index in [0.29, 0.717) is 22.9 Å². The molecular weight excluding hydrogens is 350 g/mol. The molecule has 140 valence electrons. The Morgan fingerprint density at radius 3 is 2.50 bits per heavy atom. The molecule has 3 rings (SSSR count). The van der Waals surface area contributed by atoms with Crippen molar-refractivity contribution in [2.75, 3.05) is 20.8 Å². The Bertz CT molecular complexity index is 908. The van der Waals surface area contributed by atoms with E-state index in [-0.39, 0.29) is 6.04 Å². The van der Waals surface area contributed by atoms with E-state index in [1.54, 1.807) is 30.7 Å². The van der Waals surface area contributed by atoms with Crippen molar-refractivity contribution in [3.63, 3.8) is 0 Å². The van der Waals surface area contributed by atoms with Crippen LogP contribution in [0.1, 0.15) is 35.6 Å². The first kappa shape index (κ1) is 18.7. The third-order valence-corrected chi connectivity index (χ3v) is 6.98. The number of nitrogens with zero attached hydrogens (tertiary/aromatic N) is 1. The Morgan fingerprint density at radius 1 is 1.04 bits per heavy atom. The summed E-state index contributed by atoms with van der Waals surface area (Å²) in [5.41, 5.74) is 2.58. The van der Waals surface area contributed by atoms with Crippen molar-refractivity contribution >= 4 is 10.0 Å². The lowest BCUT2D eigenvalue weighted by Crippen LogP contribution is -2.31. The van der Waals surface area contributed by atoms with Crippen molar-refractivity contribution in [1.82, 2.24) is 4.31 Å². The Hall–Kier alpha value is -2.05. The largest absolute Gasteiger partial charge is 0.497 e. The van der Waals surface area contributed by atoms with Crippen molar-refractivity contribution in [3.8, 4) is 11.5 Å². The molecular formula is C20H25NO4S. The predicted octanol–water partition coefficient (Wildman–Crippen LogP) is 3.85. The fourth-order valence-electron chi connectivity index (χ4n) is 3.54. The highest BCUT2D eigenvalue weighted by atomic mass is 32.2. The van der Waals surface area contributed by atoms with E-state index in [1.807, 2.05) is 38.1 Å². The molecule has 1 unspecified atom stereocenters. The molecule has 1 aliphatic rings. The molecule has 1 saturated heterocycles. The number of methoxy groups -OCH3 is 2. The van der Waals surface area contributed by atoms with E-state index in [1.165, 1.54) is 0 Å². The lowest BCUT2D eigenvalue weighted by molar-refractivity contribution is 0.361. The summed E-state index contributed by atoms with van der Waals surface area (Å²) in [5.74, 6) is 1.34. The lowest BCUT2D eigenvalue weighted by atomic mass is 10.0. The molecule has 0 aromatic heterocycles. The number of aryl methyl sites for hydroxylation is 2. The molecule has 0 radical (unpaired) electrons. The van der Waals surface area contributed by atoms with Gasteiger partial charge in [-0.3, -0.25) is 0 Å². The summed E-state index contributed by atoms with van der Waals surface area (Å²) in [6, 6.07) is 10.9. The van der Waals surface area contributed by atoms with Gasteiger partial charge in [0.15, 0.2) is 0 Å². The quantitative estimate of drug-likeness (QED) is 0.797. The molecule has 26 heavy (non-hydrogen) atoms. The zero-order valence-corrected chi connectivity index (χ0v) is 16.5. The fourth-order valence-corrected chi connectivity index (χ4v) is 5.53. The van der Waals surface area contributed by atoms with Gasteiger partial charge in [0.2, 0.25) is 10.0 Å². The number of benzene rings is 2. The zero-order valence-electron chi connectivity index (χ0n) is 15.7. The minimum absolute atomic E-state index is 0.235. The monoisotopic (exact) mass is 375 g/mol. The van der Waals surface area contributed by atoms with E-state index < -0.39 is 10.0 Å². The molecule has 0 N–H and O–H groups in total. The maximum Gasteiger partial charge on any atom is 0.243 e. The molecule has 1 atom stereocenters. The van der Waals surface area contributed by atoms with Crippen LogP contribution in [-0.4, -0.2) is 33.5 Å². The molecule has 6 heteroatoms. The second-order valence-electron chi connectivity index (χ2n) is 6.65. The first-order valence-corrected chi connectivity index (χ1v) is 10.1. The van der Waals surface area contributed by atoms with Gasteiger partial charge in [-0.2, -0.15) is 4.31 Å². The number of hydrogen-bond donors (Lipinski definition) is 0. The van der Waals surface area contributed by atoms with E-state index in [4.69, 9.17) is 9.47 Å². The fraction of sp³-hybridized carbons (Fsp3) is 0.400. The Kier molecular flexibility index (Phi) is 5.25. The number of ether oxygens (including phenoxy) is 2. The minimum atomic E-state index is -3.58. The molecule has 2 aromatic rings. The first-order chi connectivity index (χ1) is 12.4. The van der Waals surface area contributed by atoms with Crippen molar-refractivity contribution in [3.05, 3.63) is 53.1 Å². The van der Waals surface area contributed by atoms with Crippen LogP contribution in [-0.2, 0) is 10.0 Å². The zero-order chi connectivity index (χ0) is 18.9. The standard InChI is InChI=1S/C20H25NO4S/c1-14-7-8-15(2)20(12-14)26(22,23)21-11-5-6-18(21)17-10-9-16(24-3)13-19(17)25-4/h7-10,12-13,18H,5-6,11H2,1-4H3. The van der Waals surface area contributed by atoms with E-state index in [9.17, 15) is 8.42 Å². The predicted molar refractivity (Wildman–Crippen MR) is 101 cm³/mol. The summed E-state index contributed by atoms with van der Waals surface area (Å²) in [4.78, 5) is 0.386. The van der Waals surface area contributed by atoms with Crippen LogP contribution in [0.25, 0.3) is 0 Å². The summed E-state index contributed by atoms with van der Waals surface area (Å²) in [6.07, 6.45) is 1.59. The van der Waals surface area contributed by atoms with Gasteiger partial charge in [-0.25, -0.2) is 8.42 Å². The molecule has 2 aromatic carbocycles. The van der Waals surface area contributed by atoms with Gasteiger partial charge in [0, 0.05) is 18.2 Å². The summed E-state index contributed by atoms with van der Waals surface area (Å²) in [6.45, 7) is 4.26. The SMILES string of the molecule is COc1ccc(C2CCCN2S(=O)(=O)c2cc(C)ccc2C)c(OC)c1. The highest BCUT2D eigenvalue weighted by molar-refractivity contribution is 7.89. The van der Waals surface area contributed by atoms with Crippen molar-refractivity contribution in [2.45, 2.75) is 37.6 Å². The molecule has 5 nitrogen and oxygen atoms in total. The average Bonchev–Trinajstić information content (AvgIpc) is 3.13. The van der Waals surface area contributed by atoms with Crippen LogP contribution >= 0.6 is 0 Å². The van der Waals surface area contributed by atoms with Crippen LogP contribution < -0.4 is 9.47 Å². The Labute approximate surface area is 155 Å². The van der Waals surface area contributed by atoms with Gasteiger partial charge in [-0.15, -0.1) is 0 Å². The number of hydrogen-bond acceptors (Lipinski definition) is 4. The minimum Gasteiger partial charge on any atom is -0.497 e. The van der Waals surface area contributed by atoms with E-state index in [0.717, 1.165) is 29.5 Å².